The van der Waals surface area contributed by atoms with Gasteiger partial charge in [0.05, 0.1) is 29.6 Å². The van der Waals surface area contributed by atoms with Gasteiger partial charge in [-0.15, -0.1) is 0 Å². The Morgan fingerprint density at radius 2 is 2.06 bits per heavy atom. The topological polar surface area (TPSA) is 89.6 Å². The van der Waals surface area contributed by atoms with Crippen molar-refractivity contribution in [1.29, 1.82) is 0 Å². The summed E-state index contributed by atoms with van der Waals surface area (Å²) in [5, 5.41) is 10.5. The Labute approximate surface area is 194 Å². The van der Waals surface area contributed by atoms with Gasteiger partial charge in [-0.1, -0.05) is 6.07 Å². The Morgan fingerprint density at radius 3 is 2.79 bits per heavy atom. The molecule has 1 aliphatic rings. The van der Waals surface area contributed by atoms with Gasteiger partial charge in [-0.3, -0.25) is 14.3 Å². The molecule has 1 aromatic carbocycles. The van der Waals surface area contributed by atoms with Crippen molar-refractivity contribution in [1.82, 2.24) is 19.0 Å². The second-order valence-electron chi connectivity index (χ2n) is 8.32. The molecule has 0 saturated carbocycles. The third kappa shape index (κ3) is 4.00. The number of ether oxygens (including phenoxy) is 1. The second kappa shape index (κ2) is 8.66. The molecule has 3 aromatic heterocycles. The summed E-state index contributed by atoms with van der Waals surface area (Å²) < 4.78 is 22.2. The number of halogens is 1. The number of carboxylic acid groups (broad SMARTS) is 1. The number of amides is 1. The highest BCUT2D eigenvalue weighted by molar-refractivity contribution is 5.87. The van der Waals surface area contributed by atoms with Crippen molar-refractivity contribution in [3.05, 3.63) is 88.0 Å². The number of aromatic nitrogens is 3. The fraction of sp³-hybridized carbons (Fsp3) is 0.240. The third-order valence-corrected chi connectivity index (χ3v) is 6.23. The van der Waals surface area contributed by atoms with Crippen molar-refractivity contribution in [2.24, 2.45) is 7.05 Å². The number of fused-ring (bicyclic) bond motifs is 3. The molecule has 0 fully saturated rings. The monoisotopic (exact) mass is 462 g/mol. The summed E-state index contributed by atoms with van der Waals surface area (Å²) in [6, 6.07) is 11.8. The Hall–Kier alpha value is -4.14. The molecule has 0 aliphatic carbocycles. The number of carbonyl (C=O) groups is 1. The van der Waals surface area contributed by atoms with Crippen LogP contribution < -0.4 is 10.3 Å². The van der Waals surface area contributed by atoms with Crippen molar-refractivity contribution in [2.45, 2.75) is 26.0 Å². The maximum Gasteiger partial charge on any atom is 0.407 e. The molecule has 8 nitrogen and oxygen atoms in total. The zero-order valence-electron chi connectivity index (χ0n) is 18.6. The Kier molecular flexibility index (Phi) is 5.53. The lowest BCUT2D eigenvalue weighted by atomic mass is 10.1. The van der Waals surface area contributed by atoms with Gasteiger partial charge in [-0.25, -0.2) is 9.18 Å². The largest absolute Gasteiger partial charge is 0.487 e. The van der Waals surface area contributed by atoms with Gasteiger partial charge in [0.1, 0.15) is 18.2 Å². The molecule has 0 spiro atoms. The smallest absolute Gasteiger partial charge is 0.407 e. The maximum atomic E-state index is 13.0. The van der Waals surface area contributed by atoms with Crippen LogP contribution in [0.5, 0.6) is 5.75 Å². The van der Waals surface area contributed by atoms with Crippen LogP contribution in [-0.4, -0.2) is 36.8 Å². The first kappa shape index (κ1) is 21.7. The minimum atomic E-state index is -0.914. The number of aryl methyl sites for hydroxylation is 2. The summed E-state index contributed by atoms with van der Waals surface area (Å²) in [5.41, 5.74) is 4.10. The van der Waals surface area contributed by atoms with E-state index in [0.29, 0.717) is 30.2 Å². The molecule has 1 amide bonds. The van der Waals surface area contributed by atoms with Crippen LogP contribution in [0.25, 0.3) is 16.6 Å². The lowest BCUT2D eigenvalue weighted by Gasteiger charge is -2.17. The lowest BCUT2D eigenvalue weighted by molar-refractivity contribution is 0.142. The summed E-state index contributed by atoms with van der Waals surface area (Å²) >= 11 is 0. The summed E-state index contributed by atoms with van der Waals surface area (Å²) in [4.78, 5) is 29.7. The van der Waals surface area contributed by atoms with E-state index in [9.17, 15) is 19.1 Å². The first-order chi connectivity index (χ1) is 16.4. The molecule has 1 N–H and O–H groups in total. The minimum Gasteiger partial charge on any atom is -0.487 e. The quantitative estimate of drug-likeness (QED) is 0.497. The second-order valence-corrected chi connectivity index (χ2v) is 8.32. The number of hydrogen-bond donors (Lipinski definition) is 1. The van der Waals surface area contributed by atoms with Gasteiger partial charge in [0.2, 0.25) is 0 Å². The number of pyridine rings is 2. The van der Waals surface area contributed by atoms with Crippen LogP contribution in [0, 0.1) is 5.82 Å². The van der Waals surface area contributed by atoms with Gasteiger partial charge >= 0.3 is 6.09 Å². The zero-order valence-corrected chi connectivity index (χ0v) is 18.6. The predicted octanol–water partition coefficient (Wildman–Crippen LogP) is 3.87. The van der Waals surface area contributed by atoms with Crippen molar-refractivity contribution < 1.29 is 19.0 Å². The molecule has 9 heteroatoms. The van der Waals surface area contributed by atoms with E-state index >= 15 is 0 Å². The summed E-state index contributed by atoms with van der Waals surface area (Å²) in [6.07, 6.45) is 3.44. The first-order valence-corrected chi connectivity index (χ1v) is 10.9. The van der Waals surface area contributed by atoms with E-state index in [0.717, 1.165) is 35.6 Å². The standard InChI is InChI=1S/C25H23FN4O4/c1-28-22-11-18(6-7-21(22)20-3-2-9-29(25(32)33)14-23(20)28)30-10-8-19(12-24(30)31)34-15-17-5-4-16(26)13-27-17/h4-8,10-13H,2-3,9,14-15H2,1H3,(H,32,33). The molecule has 4 heterocycles. The molecule has 0 radical (unpaired) electrons. The minimum absolute atomic E-state index is 0.123. The number of hydrogen-bond acceptors (Lipinski definition) is 4. The van der Waals surface area contributed by atoms with E-state index in [1.807, 2.05) is 29.8 Å². The highest BCUT2D eigenvalue weighted by Gasteiger charge is 2.23. The van der Waals surface area contributed by atoms with Crippen LogP contribution in [0.4, 0.5) is 9.18 Å². The highest BCUT2D eigenvalue weighted by Crippen LogP contribution is 2.31. The van der Waals surface area contributed by atoms with E-state index in [-0.39, 0.29) is 12.2 Å². The average Bonchev–Trinajstić information content (AvgIpc) is 2.97. The van der Waals surface area contributed by atoms with E-state index in [4.69, 9.17) is 4.74 Å². The van der Waals surface area contributed by atoms with Crippen molar-refractivity contribution in [3.8, 4) is 11.4 Å². The number of benzene rings is 1. The molecule has 5 rings (SSSR count). The Morgan fingerprint density at radius 1 is 1.21 bits per heavy atom. The molecule has 0 atom stereocenters. The molecular weight excluding hydrogens is 439 g/mol. The average molecular weight is 462 g/mol. The van der Waals surface area contributed by atoms with Gasteiger partial charge < -0.3 is 19.3 Å². The lowest BCUT2D eigenvalue weighted by Crippen LogP contribution is -2.29. The molecule has 1 aliphatic heterocycles. The van der Waals surface area contributed by atoms with Gasteiger partial charge in [0, 0.05) is 36.9 Å². The zero-order chi connectivity index (χ0) is 23.8. The molecule has 0 saturated heterocycles. The molecular formula is C25H23FN4O4. The Bertz CT molecular complexity index is 1440. The van der Waals surface area contributed by atoms with Crippen LogP contribution >= 0.6 is 0 Å². The van der Waals surface area contributed by atoms with Crippen LogP contribution in [0.3, 0.4) is 0 Å². The molecule has 174 valence electrons. The van der Waals surface area contributed by atoms with Crippen LogP contribution in [0.15, 0.2) is 59.7 Å². The molecule has 34 heavy (non-hydrogen) atoms. The summed E-state index contributed by atoms with van der Waals surface area (Å²) in [7, 11) is 1.93. The summed E-state index contributed by atoms with van der Waals surface area (Å²) in [5.74, 6) is -0.0232. The van der Waals surface area contributed by atoms with Gasteiger partial charge in [-0.2, -0.15) is 0 Å². The fourth-order valence-corrected chi connectivity index (χ4v) is 4.47. The number of nitrogens with zero attached hydrogens (tertiary/aromatic N) is 4. The van der Waals surface area contributed by atoms with Crippen molar-refractivity contribution >= 4 is 17.0 Å². The molecule has 4 aromatic rings. The SMILES string of the molecule is Cn1c2c(c3ccc(-n4ccc(OCc5ccc(F)cn5)cc4=O)cc31)CCCN(C(=O)O)C2. The highest BCUT2D eigenvalue weighted by atomic mass is 19.1. The molecule has 0 bridgehead atoms. The first-order valence-electron chi connectivity index (χ1n) is 10.9. The van der Waals surface area contributed by atoms with E-state index in [1.54, 1.807) is 12.3 Å². The fourth-order valence-electron chi connectivity index (χ4n) is 4.47. The van der Waals surface area contributed by atoms with Crippen molar-refractivity contribution in [2.75, 3.05) is 6.54 Å². The van der Waals surface area contributed by atoms with E-state index < -0.39 is 11.9 Å². The van der Waals surface area contributed by atoms with Gasteiger partial charge in [0.15, 0.2) is 0 Å². The van der Waals surface area contributed by atoms with Crippen LogP contribution in [0.2, 0.25) is 0 Å². The predicted molar refractivity (Wildman–Crippen MR) is 124 cm³/mol. The Balaban J connectivity index is 1.43. The normalized spacial score (nSPS) is 13.5. The summed E-state index contributed by atoms with van der Waals surface area (Å²) in [6.45, 7) is 0.989. The van der Waals surface area contributed by atoms with E-state index in [2.05, 4.69) is 4.98 Å². The van der Waals surface area contributed by atoms with Gasteiger partial charge in [-0.05, 0) is 48.7 Å². The van der Waals surface area contributed by atoms with Crippen LogP contribution in [0.1, 0.15) is 23.4 Å². The maximum absolute atomic E-state index is 13.0. The third-order valence-electron chi connectivity index (χ3n) is 6.23. The van der Waals surface area contributed by atoms with Gasteiger partial charge in [0.25, 0.3) is 5.56 Å². The van der Waals surface area contributed by atoms with Crippen molar-refractivity contribution in [3.63, 3.8) is 0 Å². The molecule has 0 unspecified atom stereocenters. The van der Waals surface area contributed by atoms with Crippen LogP contribution in [-0.2, 0) is 26.6 Å². The van der Waals surface area contributed by atoms with E-state index in [1.165, 1.54) is 33.2 Å². The number of rotatable bonds is 4.